The molecule has 3 aromatic rings. The van der Waals surface area contributed by atoms with Gasteiger partial charge in [-0.05, 0) is 36.9 Å². The zero-order valence-electron chi connectivity index (χ0n) is 13.6. The Bertz CT molecular complexity index is 827. The summed E-state index contributed by atoms with van der Waals surface area (Å²) in [6.07, 6.45) is 3.23. The molecule has 1 heterocycles. The molecule has 0 radical (unpaired) electrons. The number of nitrogens with zero attached hydrogens (tertiary/aromatic N) is 3. The Morgan fingerprint density at radius 3 is 2.50 bits per heavy atom. The van der Waals surface area contributed by atoms with Gasteiger partial charge in [-0.25, -0.2) is 0 Å². The third-order valence-corrected chi connectivity index (χ3v) is 3.34. The van der Waals surface area contributed by atoms with E-state index in [1.54, 1.807) is 30.2 Å². The highest BCUT2D eigenvalue weighted by Gasteiger charge is 2.09. The molecule has 6 heteroatoms. The smallest absolute Gasteiger partial charge is 0.167 e. The van der Waals surface area contributed by atoms with Gasteiger partial charge in [-0.1, -0.05) is 24.8 Å². The quantitative estimate of drug-likeness (QED) is 0.687. The first-order chi connectivity index (χ1) is 11.5. The van der Waals surface area contributed by atoms with Crippen molar-refractivity contribution in [1.29, 1.82) is 0 Å². The molecule has 3 rings (SSSR count). The fourth-order valence-corrected chi connectivity index (χ4v) is 2.08. The van der Waals surface area contributed by atoms with Crippen molar-refractivity contribution >= 4 is 5.69 Å². The van der Waals surface area contributed by atoms with Gasteiger partial charge in [-0.15, -0.1) is 10.2 Å². The van der Waals surface area contributed by atoms with Crippen LogP contribution in [0.25, 0.3) is 11.4 Å². The van der Waals surface area contributed by atoms with Gasteiger partial charge in [-0.3, -0.25) is 0 Å². The van der Waals surface area contributed by atoms with Crippen LogP contribution in [0.15, 0.2) is 61.6 Å². The van der Waals surface area contributed by atoms with Crippen molar-refractivity contribution in [2.75, 3.05) is 5.32 Å². The van der Waals surface area contributed by atoms with Crippen LogP contribution in [0.5, 0.6) is 11.5 Å². The van der Waals surface area contributed by atoms with E-state index < -0.39 is 0 Å². The van der Waals surface area contributed by atoms with E-state index in [1.165, 1.54) is 17.7 Å². The zero-order chi connectivity index (χ0) is 17.5. The minimum Gasteiger partial charge on any atom is -0.508 e. The first kappa shape index (κ1) is 17.1. The van der Waals surface area contributed by atoms with E-state index in [4.69, 9.17) is 5.11 Å². The van der Waals surface area contributed by atoms with Crippen LogP contribution < -0.4 is 5.32 Å². The van der Waals surface area contributed by atoms with Crippen molar-refractivity contribution in [3.05, 3.63) is 67.1 Å². The normalized spacial score (nSPS) is 9.75. The largest absolute Gasteiger partial charge is 0.508 e. The number of hydrogen-bond donors (Lipinski definition) is 3. The summed E-state index contributed by atoms with van der Waals surface area (Å²) in [5.41, 5.74) is 2.91. The molecule has 3 N–H and O–H groups in total. The first-order valence-electron chi connectivity index (χ1n) is 7.32. The van der Waals surface area contributed by atoms with E-state index in [0.717, 1.165) is 5.69 Å². The predicted molar refractivity (Wildman–Crippen MR) is 94.8 cm³/mol. The number of benzene rings is 2. The summed E-state index contributed by atoms with van der Waals surface area (Å²) in [4.78, 5) is 0. The third-order valence-electron chi connectivity index (χ3n) is 3.34. The van der Waals surface area contributed by atoms with Crippen LogP contribution in [0.4, 0.5) is 5.69 Å². The number of para-hydroxylation sites is 1. The topological polar surface area (TPSA) is 83.2 Å². The number of phenolic OH excluding ortho intramolecular Hbond substituents is 2. The molecular formula is C18H20N4O2. The SMILES string of the molecule is C=CNc1ccccc1C.Cn1cnnc1-c1ccc(O)cc1O. The molecule has 2 aromatic carbocycles. The standard InChI is InChI=1S/C9H9N3O2.C9H11N/c1-12-5-10-11-9(12)7-3-2-6(13)4-8(7)14;1-3-10-9-7-5-4-6-8(9)2/h2-5,13-14H,1H3;3-7,10H,1H2,2H3. The summed E-state index contributed by atoms with van der Waals surface area (Å²) in [7, 11) is 1.78. The Kier molecular flexibility index (Phi) is 5.57. The van der Waals surface area contributed by atoms with Crippen molar-refractivity contribution in [3.63, 3.8) is 0 Å². The van der Waals surface area contributed by atoms with E-state index in [2.05, 4.69) is 35.1 Å². The maximum atomic E-state index is 9.55. The average molecular weight is 324 g/mol. The van der Waals surface area contributed by atoms with E-state index in [0.29, 0.717) is 11.4 Å². The fraction of sp³-hybridized carbons (Fsp3) is 0.111. The predicted octanol–water partition coefficient (Wildman–Crippen LogP) is 3.44. The Morgan fingerprint density at radius 2 is 1.92 bits per heavy atom. The lowest BCUT2D eigenvalue weighted by molar-refractivity contribution is 0.451. The lowest BCUT2D eigenvalue weighted by Gasteiger charge is -2.03. The summed E-state index contributed by atoms with van der Waals surface area (Å²) in [5, 5.41) is 29.2. The van der Waals surface area contributed by atoms with Gasteiger partial charge < -0.3 is 20.1 Å². The van der Waals surface area contributed by atoms with Crippen molar-refractivity contribution in [2.45, 2.75) is 6.92 Å². The molecule has 0 amide bonds. The van der Waals surface area contributed by atoms with Gasteiger partial charge in [-0.2, -0.15) is 0 Å². The summed E-state index contributed by atoms with van der Waals surface area (Å²) >= 11 is 0. The van der Waals surface area contributed by atoms with E-state index in [1.807, 2.05) is 18.2 Å². The molecule has 0 fully saturated rings. The van der Waals surface area contributed by atoms with Gasteiger partial charge >= 0.3 is 0 Å². The number of aromatic nitrogens is 3. The summed E-state index contributed by atoms with van der Waals surface area (Å²) in [6.45, 7) is 5.65. The molecule has 0 bridgehead atoms. The Balaban J connectivity index is 0.000000185. The average Bonchev–Trinajstić information content (AvgIpc) is 2.97. The van der Waals surface area contributed by atoms with Crippen molar-refractivity contribution in [1.82, 2.24) is 14.8 Å². The molecule has 6 nitrogen and oxygen atoms in total. The minimum absolute atomic E-state index is 0.0129. The number of anilines is 1. The minimum atomic E-state index is -0.0129. The van der Waals surface area contributed by atoms with Gasteiger partial charge in [0.1, 0.15) is 17.8 Å². The monoisotopic (exact) mass is 324 g/mol. The van der Waals surface area contributed by atoms with Crippen LogP contribution in [0.2, 0.25) is 0 Å². The molecule has 0 saturated heterocycles. The number of aryl methyl sites for hydroxylation is 2. The van der Waals surface area contributed by atoms with Gasteiger partial charge in [0.2, 0.25) is 0 Å². The Labute approximate surface area is 140 Å². The van der Waals surface area contributed by atoms with E-state index in [-0.39, 0.29) is 11.5 Å². The van der Waals surface area contributed by atoms with Crippen LogP contribution in [-0.2, 0) is 7.05 Å². The number of nitrogens with one attached hydrogen (secondary N) is 1. The second-order valence-corrected chi connectivity index (χ2v) is 5.13. The molecule has 0 atom stereocenters. The molecule has 0 unspecified atom stereocenters. The molecule has 24 heavy (non-hydrogen) atoms. The van der Waals surface area contributed by atoms with Crippen molar-refractivity contribution in [3.8, 4) is 22.9 Å². The number of aromatic hydroxyl groups is 2. The van der Waals surface area contributed by atoms with E-state index in [9.17, 15) is 5.11 Å². The van der Waals surface area contributed by atoms with Gasteiger partial charge in [0.25, 0.3) is 0 Å². The fourth-order valence-electron chi connectivity index (χ4n) is 2.08. The maximum absolute atomic E-state index is 9.55. The highest BCUT2D eigenvalue weighted by molar-refractivity contribution is 5.65. The van der Waals surface area contributed by atoms with Crippen LogP contribution in [-0.4, -0.2) is 25.0 Å². The van der Waals surface area contributed by atoms with Gasteiger partial charge in [0.15, 0.2) is 5.82 Å². The summed E-state index contributed by atoms with van der Waals surface area (Å²) in [6, 6.07) is 12.5. The maximum Gasteiger partial charge on any atom is 0.167 e. The Morgan fingerprint density at radius 1 is 1.17 bits per heavy atom. The molecular weight excluding hydrogens is 304 g/mol. The lowest BCUT2D eigenvalue weighted by Crippen LogP contribution is -1.91. The first-order valence-corrected chi connectivity index (χ1v) is 7.32. The third kappa shape index (κ3) is 4.13. The molecule has 0 saturated carbocycles. The van der Waals surface area contributed by atoms with Crippen LogP contribution in [0.1, 0.15) is 5.56 Å². The second-order valence-electron chi connectivity index (χ2n) is 5.13. The van der Waals surface area contributed by atoms with Gasteiger partial charge in [0.05, 0.1) is 5.56 Å². The molecule has 0 spiro atoms. The van der Waals surface area contributed by atoms with Crippen LogP contribution >= 0.6 is 0 Å². The molecule has 124 valence electrons. The number of phenols is 2. The van der Waals surface area contributed by atoms with Crippen molar-refractivity contribution < 1.29 is 10.2 Å². The summed E-state index contributed by atoms with van der Waals surface area (Å²) in [5.74, 6) is 0.567. The lowest BCUT2D eigenvalue weighted by atomic mass is 10.2. The molecule has 0 aliphatic carbocycles. The van der Waals surface area contributed by atoms with Crippen LogP contribution in [0.3, 0.4) is 0 Å². The number of hydrogen-bond acceptors (Lipinski definition) is 5. The van der Waals surface area contributed by atoms with Gasteiger partial charge in [0, 0.05) is 18.8 Å². The molecule has 0 aliphatic rings. The molecule has 0 aliphatic heterocycles. The zero-order valence-corrected chi connectivity index (χ0v) is 13.6. The summed E-state index contributed by atoms with van der Waals surface area (Å²) < 4.78 is 1.69. The number of rotatable bonds is 3. The van der Waals surface area contributed by atoms with Crippen LogP contribution in [0, 0.1) is 6.92 Å². The van der Waals surface area contributed by atoms with Crippen molar-refractivity contribution in [2.24, 2.45) is 7.05 Å². The second kappa shape index (κ2) is 7.82. The molecule has 1 aromatic heterocycles. The highest BCUT2D eigenvalue weighted by Crippen LogP contribution is 2.29. The van der Waals surface area contributed by atoms with E-state index >= 15 is 0 Å². The highest BCUT2D eigenvalue weighted by atomic mass is 16.3. The Hall–Kier alpha value is -3.28.